The number of pyridine rings is 1. The summed E-state index contributed by atoms with van der Waals surface area (Å²) >= 11 is 0. The van der Waals surface area contributed by atoms with Crippen molar-refractivity contribution in [3.8, 4) is 11.3 Å². The maximum atomic E-state index is 8.97. The highest BCUT2D eigenvalue weighted by molar-refractivity contribution is 5.92. The van der Waals surface area contributed by atoms with Gasteiger partial charge in [0.25, 0.3) is 0 Å². The second kappa shape index (κ2) is 4.70. The van der Waals surface area contributed by atoms with Crippen LogP contribution < -0.4 is 5.73 Å². The molecule has 0 saturated heterocycles. The minimum absolute atomic E-state index is 0.0130. The molecule has 0 aliphatic carbocycles. The number of nitrogens with zero attached hydrogens (tertiary/aromatic N) is 3. The summed E-state index contributed by atoms with van der Waals surface area (Å²) in [6.07, 6.45) is 1.76. The minimum atomic E-state index is 0.0130. The molecule has 0 aliphatic heterocycles. The summed E-state index contributed by atoms with van der Waals surface area (Å²) in [7, 11) is 0. The Bertz CT molecular complexity index is 715. The van der Waals surface area contributed by atoms with Crippen molar-refractivity contribution in [3.05, 3.63) is 42.6 Å². The van der Waals surface area contributed by atoms with Gasteiger partial charge in [0.1, 0.15) is 5.82 Å². The molecule has 1 aromatic carbocycles. The molecule has 96 valence electrons. The molecule has 3 aromatic rings. The van der Waals surface area contributed by atoms with E-state index in [0.717, 1.165) is 22.2 Å². The Morgan fingerprint density at radius 2 is 2.05 bits per heavy atom. The number of fused-ring (bicyclic) bond motifs is 1. The Hall–Kier alpha value is -2.40. The van der Waals surface area contributed by atoms with Gasteiger partial charge in [-0.15, -0.1) is 0 Å². The zero-order valence-electron chi connectivity index (χ0n) is 10.3. The Kier molecular flexibility index (Phi) is 2.89. The highest BCUT2D eigenvalue weighted by atomic mass is 16.3. The maximum Gasteiger partial charge on any atom is 0.122 e. The number of hydrogen-bond acceptors (Lipinski definition) is 4. The van der Waals surface area contributed by atoms with Gasteiger partial charge in [0.2, 0.25) is 0 Å². The number of aromatic nitrogens is 3. The number of nitrogen functional groups attached to an aromatic ring is 1. The Labute approximate surface area is 110 Å². The number of aliphatic hydroxyl groups excluding tert-OH is 1. The molecule has 5 nitrogen and oxygen atoms in total. The molecular weight excluding hydrogens is 240 g/mol. The van der Waals surface area contributed by atoms with Crippen LogP contribution in [0, 0.1) is 0 Å². The van der Waals surface area contributed by atoms with E-state index >= 15 is 0 Å². The molecule has 5 heteroatoms. The standard InChI is InChI=1S/C14H14N4O/c15-13-9-12(17-18(13)7-8-19)11-5-1-3-10-4-2-6-16-14(10)11/h1-6,9,19H,7-8,15H2. The molecule has 0 spiro atoms. The maximum absolute atomic E-state index is 8.97. The highest BCUT2D eigenvalue weighted by Gasteiger charge is 2.10. The molecule has 2 heterocycles. The van der Waals surface area contributed by atoms with Gasteiger partial charge in [-0.1, -0.05) is 24.3 Å². The van der Waals surface area contributed by atoms with E-state index in [1.807, 2.05) is 30.3 Å². The van der Waals surface area contributed by atoms with E-state index in [-0.39, 0.29) is 6.61 Å². The molecular formula is C14H14N4O. The van der Waals surface area contributed by atoms with Crippen molar-refractivity contribution < 1.29 is 5.11 Å². The van der Waals surface area contributed by atoms with E-state index < -0.39 is 0 Å². The van der Waals surface area contributed by atoms with Gasteiger partial charge < -0.3 is 10.8 Å². The first-order chi connectivity index (χ1) is 9.29. The summed E-state index contributed by atoms with van der Waals surface area (Å²) in [5.74, 6) is 0.539. The Morgan fingerprint density at radius 1 is 1.21 bits per heavy atom. The van der Waals surface area contributed by atoms with Crippen molar-refractivity contribution in [3.63, 3.8) is 0 Å². The monoisotopic (exact) mass is 254 g/mol. The molecule has 3 rings (SSSR count). The molecule has 0 aliphatic rings. The average Bonchev–Trinajstić information content (AvgIpc) is 2.80. The number of hydrogen-bond donors (Lipinski definition) is 2. The lowest BCUT2D eigenvalue weighted by Crippen LogP contribution is -2.07. The largest absolute Gasteiger partial charge is 0.394 e. The Balaban J connectivity index is 2.16. The second-order valence-corrected chi connectivity index (χ2v) is 4.28. The van der Waals surface area contributed by atoms with Gasteiger partial charge in [-0.25, -0.2) is 4.68 Å². The number of rotatable bonds is 3. The molecule has 0 atom stereocenters. The summed E-state index contributed by atoms with van der Waals surface area (Å²) in [6, 6.07) is 11.7. The van der Waals surface area contributed by atoms with Crippen molar-refractivity contribution in [2.24, 2.45) is 0 Å². The van der Waals surface area contributed by atoms with E-state index in [2.05, 4.69) is 10.1 Å². The van der Waals surface area contributed by atoms with Gasteiger partial charge >= 0.3 is 0 Å². The lowest BCUT2D eigenvalue weighted by Gasteiger charge is -2.02. The number of para-hydroxylation sites is 1. The molecule has 19 heavy (non-hydrogen) atoms. The van der Waals surface area contributed by atoms with Gasteiger partial charge in [0.05, 0.1) is 24.4 Å². The fourth-order valence-electron chi connectivity index (χ4n) is 2.15. The van der Waals surface area contributed by atoms with Crippen LogP contribution in [-0.4, -0.2) is 26.5 Å². The summed E-state index contributed by atoms with van der Waals surface area (Å²) in [4.78, 5) is 4.40. The van der Waals surface area contributed by atoms with Gasteiger partial charge in [-0.3, -0.25) is 4.98 Å². The highest BCUT2D eigenvalue weighted by Crippen LogP contribution is 2.27. The predicted octanol–water partition coefficient (Wildman–Crippen LogP) is 1.67. The number of anilines is 1. The van der Waals surface area contributed by atoms with Crippen LogP contribution in [0.15, 0.2) is 42.6 Å². The average molecular weight is 254 g/mol. The Morgan fingerprint density at radius 3 is 2.89 bits per heavy atom. The summed E-state index contributed by atoms with van der Waals surface area (Å²) in [6.45, 7) is 0.406. The topological polar surface area (TPSA) is 77.0 Å². The van der Waals surface area contributed by atoms with Crippen LogP contribution in [0.1, 0.15) is 0 Å². The van der Waals surface area contributed by atoms with Gasteiger partial charge in [0, 0.05) is 23.2 Å². The molecule has 0 unspecified atom stereocenters. The predicted molar refractivity (Wildman–Crippen MR) is 74.5 cm³/mol. The fourth-order valence-corrected chi connectivity index (χ4v) is 2.15. The summed E-state index contributed by atoms with van der Waals surface area (Å²) in [5.41, 5.74) is 8.50. The van der Waals surface area contributed by atoms with Crippen LogP contribution in [0.25, 0.3) is 22.2 Å². The third-order valence-corrected chi connectivity index (χ3v) is 3.03. The van der Waals surface area contributed by atoms with E-state index in [1.54, 1.807) is 16.9 Å². The number of nitrogens with two attached hydrogens (primary N) is 1. The first kappa shape index (κ1) is 11.7. The SMILES string of the molecule is Nc1cc(-c2cccc3cccnc23)nn1CCO. The van der Waals surface area contributed by atoms with Gasteiger partial charge in [0.15, 0.2) is 0 Å². The molecule has 0 bridgehead atoms. The van der Waals surface area contributed by atoms with Crippen LogP contribution in [0.5, 0.6) is 0 Å². The van der Waals surface area contributed by atoms with Crippen molar-refractivity contribution in [2.45, 2.75) is 6.54 Å². The molecule has 2 aromatic heterocycles. The van der Waals surface area contributed by atoms with Crippen molar-refractivity contribution in [1.82, 2.24) is 14.8 Å². The van der Waals surface area contributed by atoms with Gasteiger partial charge in [-0.05, 0) is 6.07 Å². The van der Waals surface area contributed by atoms with Crippen LogP contribution in [-0.2, 0) is 6.54 Å². The smallest absolute Gasteiger partial charge is 0.122 e. The van der Waals surface area contributed by atoms with Crippen molar-refractivity contribution in [2.75, 3.05) is 12.3 Å². The van der Waals surface area contributed by atoms with Crippen LogP contribution >= 0.6 is 0 Å². The van der Waals surface area contributed by atoms with E-state index in [0.29, 0.717) is 12.4 Å². The zero-order chi connectivity index (χ0) is 13.2. The fraction of sp³-hybridized carbons (Fsp3) is 0.143. The van der Waals surface area contributed by atoms with E-state index in [4.69, 9.17) is 10.8 Å². The molecule has 3 N–H and O–H groups in total. The third kappa shape index (κ3) is 2.04. The summed E-state index contributed by atoms with van der Waals surface area (Å²) < 4.78 is 1.59. The third-order valence-electron chi connectivity index (χ3n) is 3.03. The lowest BCUT2D eigenvalue weighted by molar-refractivity contribution is 0.270. The first-order valence-corrected chi connectivity index (χ1v) is 6.08. The van der Waals surface area contributed by atoms with Crippen molar-refractivity contribution in [1.29, 1.82) is 0 Å². The molecule has 0 radical (unpaired) electrons. The van der Waals surface area contributed by atoms with E-state index in [9.17, 15) is 0 Å². The zero-order valence-corrected chi connectivity index (χ0v) is 10.3. The molecule has 0 amide bonds. The van der Waals surface area contributed by atoms with Crippen molar-refractivity contribution >= 4 is 16.7 Å². The van der Waals surface area contributed by atoms with Crippen LogP contribution in [0.4, 0.5) is 5.82 Å². The molecule has 0 fully saturated rings. The normalized spacial score (nSPS) is 11.0. The summed E-state index contributed by atoms with van der Waals surface area (Å²) in [5, 5.41) is 14.4. The van der Waals surface area contributed by atoms with Gasteiger partial charge in [-0.2, -0.15) is 5.10 Å². The second-order valence-electron chi connectivity index (χ2n) is 4.28. The lowest BCUT2D eigenvalue weighted by atomic mass is 10.1. The number of benzene rings is 1. The van der Waals surface area contributed by atoms with Crippen LogP contribution in [0.2, 0.25) is 0 Å². The number of aliphatic hydroxyl groups is 1. The van der Waals surface area contributed by atoms with Crippen LogP contribution in [0.3, 0.4) is 0 Å². The molecule has 0 saturated carbocycles. The van der Waals surface area contributed by atoms with E-state index in [1.165, 1.54) is 0 Å². The first-order valence-electron chi connectivity index (χ1n) is 6.08. The minimum Gasteiger partial charge on any atom is -0.394 e. The quantitative estimate of drug-likeness (QED) is 0.745.